The summed E-state index contributed by atoms with van der Waals surface area (Å²) in [5.41, 5.74) is 1.46. The maximum Gasteiger partial charge on any atom is 0.0153 e. The lowest BCUT2D eigenvalue weighted by Gasteiger charge is -2.16. The van der Waals surface area contributed by atoms with Crippen molar-refractivity contribution in [2.45, 2.75) is 44.9 Å². The fraction of sp³-hybridized carbons (Fsp3) is 0.467. The summed E-state index contributed by atoms with van der Waals surface area (Å²) in [5.74, 6) is 1.17. The van der Waals surface area contributed by atoms with Crippen LogP contribution in [0.5, 0.6) is 0 Å². The van der Waals surface area contributed by atoms with Crippen molar-refractivity contribution < 1.29 is 0 Å². The van der Waals surface area contributed by atoms with Crippen molar-refractivity contribution in [3.63, 3.8) is 0 Å². The molecule has 0 heterocycles. The van der Waals surface area contributed by atoms with Crippen molar-refractivity contribution in [3.05, 3.63) is 41.3 Å². The summed E-state index contributed by atoms with van der Waals surface area (Å²) in [6, 6.07) is 8.69. The molecule has 0 aliphatic heterocycles. The van der Waals surface area contributed by atoms with Crippen LogP contribution in [-0.4, -0.2) is 0 Å². The first-order valence-corrected chi connectivity index (χ1v) is 6.83. The second-order valence-electron chi connectivity index (χ2n) is 4.57. The van der Waals surface area contributed by atoms with Gasteiger partial charge in [0.1, 0.15) is 0 Å². The van der Waals surface area contributed by atoms with Gasteiger partial charge in [0.05, 0.1) is 0 Å². The zero-order valence-corrected chi connectivity index (χ0v) is 11.6. The highest BCUT2D eigenvalue weighted by atomic mass is 32.2. The van der Waals surface area contributed by atoms with Crippen molar-refractivity contribution in [1.29, 1.82) is 0 Å². The lowest BCUT2D eigenvalue weighted by Crippen LogP contribution is -1.95. The Hall–Kier alpha value is -0.690. The third kappa shape index (κ3) is 3.41. The van der Waals surface area contributed by atoms with Crippen LogP contribution in [0.1, 0.15) is 45.6 Å². The fourth-order valence-electron chi connectivity index (χ4n) is 1.46. The molecule has 1 aromatic carbocycles. The van der Waals surface area contributed by atoms with Crippen molar-refractivity contribution in [2.75, 3.05) is 0 Å². The smallest absolute Gasteiger partial charge is 0.0153 e. The monoisotopic (exact) mass is 234 g/mol. The highest BCUT2D eigenvalue weighted by Crippen LogP contribution is 2.36. The van der Waals surface area contributed by atoms with Crippen LogP contribution in [-0.2, 0) is 0 Å². The summed E-state index contributed by atoms with van der Waals surface area (Å²) >= 11 is 1.83. The van der Waals surface area contributed by atoms with Gasteiger partial charge in [0, 0.05) is 4.90 Å². The van der Waals surface area contributed by atoms with E-state index in [1.807, 2.05) is 11.8 Å². The predicted octanol–water partition coefficient (Wildman–Crippen LogP) is 5.46. The summed E-state index contributed by atoms with van der Waals surface area (Å²) in [5, 5.41) is 0. The van der Waals surface area contributed by atoms with Gasteiger partial charge in [-0.15, -0.1) is 0 Å². The summed E-state index contributed by atoms with van der Waals surface area (Å²) in [6.45, 7) is 13.1. The van der Waals surface area contributed by atoms with E-state index in [1.54, 1.807) is 0 Å². The SMILES string of the molecule is C=C(Sc1ccccc1C(C)CC)C(C)C. The minimum atomic E-state index is 0.537. The Labute approximate surface area is 104 Å². The normalized spacial score (nSPS) is 12.8. The van der Waals surface area contributed by atoms with E-state index in [-0.39, 0.29) is 0 Å². The molecule has 0 spiro atoms. The molecule has 1 aromatic rings. The van der Waals surface area contributed by atoms with Crippen molar-refractivity contribution >= 4 is 11.8 Å². The van der Waals surface area contributed by atoms with Crippen LogP contribution in [0.3, 0.4) is 0 Å². The maximum absolute atomic E-state index is 4.14. The average molecular weight is 234 g/mol. The van der Waals surface area contributed by atoms with E-state index in [2.05, 4.69) is 58.5 Å². The number of rotatable bonds is 5. The zero-order chi connectivity index (χ0) is 12.1. The van der Waals surface area contributed by atoms with Crippen LogP contribution in [0.4, 0.5) is 0 Å². The predicted molar refractivity (Wildman–Crippen MR) is 75.0 cm³/mol. The molecule has 0 fully saturated rings. The molecule has 0 radical (unpaired) electrons. The molecule has 0 amide bonds. The topological polar surface area (TPSA) is 0 Å². The summed E-state index contributed by atoms with van der Waals surface area (Å²) in [4.78, 5) is 2.62. The summed E-state index contributed by atoms with van der Waals surface area (Å²) < 4.78 is 0. The van der Waals surface area contributed by atoms with E-state index in [0.29, 0.717) is 11.8 Å². The molecular formula is C15H22S. The van der Waals surface area contributed by atoms with E-state index < -0.39 is 0 Å². The molecule has 1 heteroatoms. The molecule has 1 atom stereocenters. The van der Waals surface area contributed by atoms with E-state index in [4.69, 9.17) is 0 Å². The van der Waals surface area contributed by atoms with Gasteiger partial charge < -0.3 is 0 Å². The maximum atomic E-state index is 4.14. The summed E-state index contributed by atoms with van der Waals surface area (Å²) in [6.07, 6.45) is 1.19. The van der Waals surface area contributed by atoms with Gasteiger partial charge in [-0.2, -0.15) is 0 Å². The Balaban J connectivity index is 2.91. The molecule has 0 nitrogen and oxygen atoms in total. The largest absolute Gasteiger partial charge is 0.0946 e. The van der Waals surface area contributed by atoms with Gasteiger partial charge in [-0.05, 0) is 34.8 Å². The minimum Gasteiger partial charge on any atom is -0.0946 e. The number of hydrogen-bond acceptors (Lipinski definition) is 1. The number of hydrogen-bond donors (Lipinski definition) is 0. The molecule has 0 saturated heterocycles. The highest BCUT2D eigenvalue weighted by molar-refractivity contribution is 8.03. The highest BCUT2D eigenvalue weighted by Gasteiger charge is 2.11. The van der Waals surface area contributed by atoms with Crippen molar-refractivity contribution in [1.82, 2.24) is 0 Å². The minimum absolute atomic E-state index is 0.537. The van der Waals surface area contributed by atoms with E-state index in [1.165, 1.54) is 21.8 Å². The Morgan fingerprint density at radius 2 is 1.88 bits per heavy atom. The van der Waals surface area contributed by atoms with Crippen molar-refractivity contribution in [2.24, 2.45) is 5.92 Å². The zero-order valence-electron chi connectivity index (χ0n) is 10.8. The van der Waals surface area contributed by atoms with Crippen LogP contribution in [0.25, 0.3) is 0 Å². The molecular weight excluding hydrogens is 212 g/mol. The third-order valence-corrected chi connectivity index (χ3v) is 4.27. The van der Waals surface area contributed by atoms with Crippen LogP contribution >= 0.6 is 11.8 Å². The van der Waals surface area contributed by atoms with Gasteiger partial charge in [-0.3, -0.25) is 0 Å². The van der Waals surface area contributed by atoms with Crippen LogP contribution in [0.2, 0.25) is 0 Å². The second kappa shape index (κ2) is 6.15. The first-order chi connectivity index (χ1) is 7.56. The lowest BCUT2D eigenvalue weighted by molar-refractivity contribution is 0.719. The standard InChI is InChI=1S/C15H22S/c1-6-12(4)14-9-7-8-10-15(14)16-13(5)11(2)3/h7-12H,5-6H2,1-4H3. The van der Waals surface area contributed by atoms with Crippen molar-refractivity contribution in [3.8, 4) is 0 Å². The Kier molecular flexibility index (Phi) is 5.14. The number of allylic oxidation sites excluding steroid dienone is 1. The van der Waals surface area contributed by atoms with E-state index >= 15 is 0 Å². The molecule has 0 saturated carbocycles. The van der Waals surface area contributed by atoms with Gasteiger partial charge in [-0.25, -0.2) is 0 Å². The molecule has 0 bridgehead atoms. The summed E-state index contributed by atoms with van der Waals surface area (Å²) in [7, 11) is 0. The third-order valence-electron chi connectivity index (χ3n) is 2.95. The first kappa shape index (κ1) is 13.4. The van der Waals surface area contributed by atoms with Crippen LogP contribution in [0, 0.1) is 5.92 Å². The molecule has 0 aliphatic carbocycles. The van der Waals surface area contributed by atoms with E-state index in [9.17, 15) is 0 Å². The molecule has 16 heavy (non-hydrogen) atoms. The quantitative estimate of drug-likeness (QED) is 0.609. The van der Waals surface area contributed by atoms with Gasteiger partial charge in [0.25, 0.3) is 0 Å². The molecule has 1 rings (SSSR count). The molecule has 88 valence electrons. The Morgan fingerprint density at radius 1 is 1.25 bits per heavy atom. The Morgan fingerprint density at radius 3 is 2.44 bits per heavy atom. The van der Waals surface area contributed by atoms with E-state index in [0.717, 1.165) is 0 Å². The first-order valence-electron chi connectivity index (χ1n) is 6.01. The average Bonchev–Trinajstić information content (AvgIpc) is 2.28. The van der Waals surface area contributed by atoms with Crippen LogP contribution < -0.4 is 0 Å². The second-order valence-corrected chi connectivity index (χ2v) is 5.74. The fourth-order valence-corrected chi connectivity index (χ4v) is 2.51. The number of benzene rings is 1. The van der Waals surface area contributed by atoms with Gasteiger partial charge in [-0.1, -0.05) is 64.2 Å². The lowest BCUT2D eigenvalue weighted by atomic mass is 9.99. The van der Waals surface area contributed by atoms with Gasteiger partial charge in [0.2, 0.25) is 0 Å². The molecule has 0 aliphatic rings. The van der Waals surface area contributed by atoms with Gasteiger partial charge >= 0.3 is 0 Å². The van der Waals surface area contributed by atoms with Gasteiger partial charge in [0.15, 0.2) is 0 Å². The van der Waals surface area contributed by atoms with Crippen LogP contribution in [0.15, 0.2) is 40.6 Å². The Bertz CT molecular complexity index is 352. The molecule has 1 unspecified atom stereocenters. The molecule has 0 aromatic heterocycles. The number of thioether (sulfide) groups is 1. The molecule has 0 N–H and O–H groups in total.